The van der Waals surface area contributed by atoms with Gasteiger partial charge >= 0.3 is 0 Å². The third-order valence-electron chi connectivity index (χ3n) is 6.98. The Labute approximate surface area is 219 Å². The maximum Gasteiger partial charge on any atom is 0.272 e. The molecular formula is C28H32BrF2N3O2. The molecule has 4 rings (SSSR count). The lowest BCUT2D eigenvalue weighted by atomic mass is 9.93. The van der Waals surface area contributed by atoms with E-state index in [1.54, 1.807) is 0 Å². The first-order valence-corrected chi connectivity index (χ1v) is 13.4. The Morgan fingerprint density at radius 2 is 1.94 bits per heavy atom. The summed E-state index contributed by atoms with van der Waals surface area (Å²) < 4.78 is 36.7. The van der Waals surface area contributed by atoms with Gasteiger partial charge in [-0.25, -0.2) is 13.5 Å². The molecule has 2 heterocycles. The van der Waals surface area contributed by atoms with Crippen molar-refractivity contribution in [1.29, 1.82) is 0 Å². The molecule has 0 bridgehead atoms. The van der Waals surface area contributed by atoms with Crippen LogP contribution in [0.25, 0.3) is 16.9 Å². The van der Waals surface area contributed by atoms with E-state index in [1.807, 2.05) is 18.2 Å². The standard InChI is InChI=1S/C28H32BrF2N3O2/c1-4-18(5-2)7-6-17(3)16-32-28(35)26-22-12-13-36-25-14-19(29)8-10-21(25)27(22)34(33-26)24-11-9-20(30)15-23(24)31/h8-11,14-15,17-18H,4-7,12-13,16H2,1-3H3,(H,32,35). The molecule has 0 radical (unpaired) electrons. The van der Waals surface area contributed by atoms with Crippen LogP contribution in [-0.2, 0) is 6.42 Å². The Morgan fingerprint density at radius 3 is 2.67 bits per heavy atom. The summed E-state index contributed by atoms with van der Waals surface area (Å²) in [6.45, 7) is 7.45. The van der Waals surface area contributed by atoms with Gasteiger partial charge in [0.05, 0.1) is 12.3 Å². The van der Waals surface area contributed by atoms with E-state index in [2.05, 4.69) is 47.1 Å². The minimum atomic E-state index is -0.758. The third-order valence-corrected chi connectivity index (χ3v) is 7.47. The maximum absolute atomic E-state index is 14.9. The molecule has 0 spiro atoms. The van der Waals surface area contributed by atoms with Crippen LogP contribution in [0.15, 0.2) is 40.9 Å². The second-order valence-electron chi connectivity index (χ2n) is 9.50. The van der Waals surface area contributed by atoms with Crippen LogP contribution in [0, 0.1) is 23.5 Å². The first-order chi connectivity index (χ1) is 17.3. The van der Waals surface area contributed by atoms with E-state index in [-0.39, 0.29) is 17.3 Å². The second-order valence-corrected chi connectivity index (χ2v) is 10.4. The number of hydrogen-bond acceptors (Lipinski definition) is 3. The van der Waals surface area contributed by atoms with E-state index in [9.17, 15) is 13.6 Å². The monoisotopic (exact) mass is 559 g/mol. The van der Waals surface area contributed by atoms with Crippen molar-refractivity contribution in [3.63, 3.8) is 0 Å². The lowest BCUT2D eigenvalue weighted by molar-refractivity contribution is 0.0940. The molecule has 0 fully saturated rings. The number of hydrogen-bond donors (Lipinski definition) is 1. The summed E-state index contributed by atoms with van der Waals surface area (Å²) in [5, 5.41) is 7.60. The number of fused-ring (bicyclic) bond motifs is 3. The molecule has 5 nitrogen and oxygen atoms in total. The van der Waals surface area contributed by atoms with E-state index in [4.69, 9.17) is 4.74 Å². The minimum absolute atomic E-state index is 0.0704. The molecule has 36 heavy (non-hydrogen) atoms. The number of halogens is 3. The number of carbonyl (C=O) groups is 1. The van der Waals surface area contributed by atoms with Gasteiger partial charge in [0, 0.05) is 34.6 Å². The molecule has 3 aromatic rings. The highest BCUT2D eigenvalue weighted by Gasteiger charge is 2.29. The topological polar surface area (TPSA) is 56.2 Å². The van der Waals surface area contributed by atoms with Gasteiger partial charge in [-0.3, -0.25) is 4.79 Å². The highest BCUT2D eigenvalue weighted by atomic mass is 79.9. The predicted octanol–water partition coefficient (Wildman–Crippen LogP) is 7.10. The zero-order valence-corrected chi connectivity index (χ0v) is 22.5. The summed E-state index contributed by atoms with van der Waals surface area (Å²) >= 11 is 3.46. The zero-order valence-electron chi connectivity index (χ0n) is 20.9. The van der Waals surface area contributed by atoms with Crippen molar-refractivity contribution >= 4 is 21.8 Å². The number of aromatic nitrogens is 2. The van der Waals surface area contributed by atoms with Gasteiger partial charge in [0.1, 0.15) is 17.3 Å². The number of ether oxygens (including phenoxy) is 1. The molecule has 1 atom stereocenters. The molecule has 1 aromatic heterocycles. The van der Waals surface area contributed by atoms with E-state index in [1.165, 1.54) is 29.7 Å². The van der Waals surface area contributed by atoms with Crippen molar-refractivity contribution in [3.05, 3.63) is 63.8 Å². The van der Waals surface area contributed by atoms with Crippen molar-refractivity contribution in [2.45, 2.75) is 52.9 Å². The van der Waals surface area contributed by atoms with E-state index in [0.29, 0.717) is 54.0 Å². The molecule has 1 aliphatic rings. The van der Waals surface area contributed by atoms with Crippen LogP contribution in [0.1, 0.15) is 62.5 Å². The second kappa shape index (κ2) is 11.5. The molecule has 1 amide bonds. The number of amides is 1. The maximum atomic E-state index is 14.9. The van der Waals surface area contributed by atoms with E-state index in [0.717, 1.165) is 23.4 Å². The van der Waals surface area contributed by atoms with Crippen molar-refractivity contribution in [2.75, 3.05) is 13.2 Å². The van der Waals surface area contributed by atoms with Gasteiger partial charge in [-0.15, -0.1) is 0 Å². The van der Waals surface area contributed by atoms with Gasteiger partial charge < -0.3 is 10.1 Å². The Hall–Kier alpha value is -2.74. The Kier molecular flexibility index (Phi) is 8.44. The number of benzene rings is 2. The number of rotatable bonds is 9. The molecule has 0 saturated heterocycles. The number of carbonyl (C=O) groups excluding carboxylic acids is 1. The highest BCUT2D eigenvalue weighted by Crippen LogP contribution is 2.40. The van der Waals surface area contributed by atoms with Gasteiger partial charge in [0.15, 0.2) is 11.5 Å². The largest absolute Gasteiger partial charge is 0.492 e. The average Bonchev–Trinajstić information content (AvgIpc) is 3.12. The smallest absolute Gasteiger partial charge is 0.272 e. The molecule has 1 aliphatic heterocycles. The Morgan fingerprint density at radius 1 is 1.17 bits per heavy atom. The van der Waals surface area contributed by atoms with Crippen molar-refractivity contribution in [3.8, 4) is 22.7 Å². The predicted molar refractivity (Wildman–Crippen MR) is 141 cm³/mol. The summed E-state index contributed by atoms with van der Waals surface area (Å²) in [6, 6.07) is 8.89. The first kappa shape index (κ1) is 26.3. The van der Waals surface area contributed by atoms with Crippen LogP contribution < -0.4 is 10.1 Å². The average molecular weight is 560 g/mol. The summed E-state index contributed by atoms with van der Waals surface area (Å²) in [5.41, 5.74) is 2.26. The fourth-order valence-corrected chi connectivity index (χ4v) is 5.06. The molecule has 1 unspecified atom stereocenters. The lowest BCUT2D eigenvalue weighted by Gasteiger charge is -2.16. The molecule has 0 aliphatic carbocycles. The van der Waals surface area contributed by atoms with Gasteiger partial charge in [-0.1, -0.05) is 56.0 Å². The van der Waals surface area contributed by atoms with Crippen molar-refractivity contribution in [1.82, 2.24) is 15.1 Å². The summed E-state index contributed by atoms with van der Waals surface area (Å²) in [4.78, 5) is 13.3. The summed E-state index contributed by atoms with van der Waals surface area (Å²) in [6.07, 6.45) is 4.94. The van der Waals surface area contributed by atoms with Crippen LogP contribution in [0.3, 0.4) is 0 Å². The van der Waals surface area contributed by atoms with Crippen LogP contribution in [0.4, 0.5) is 8.78 Å². The van der Waals surface area contributed by atoms with E-state index < -0.39 is 11.6 Å². The fraction of sp³-hybridized carbons (Fsp3) is 0.429. The fourth-order valence-electron chi connectivity index (χ4n) is 4.72. The molecular weight excluding hydrogens is 528 g/mol. The molecule has 0 saturated carbocycles. The molecule has 8 heteroatoms. The first-order valence-electron chi connectivity index (χ1n) is 12.6. The minimum Gasteiger partial charge on any atom is -0.492 e. The Balaban J connectivity index is 1.68. The van der Waals surface area contributed by atoms with Gasteiger partial charge in [0.2, 0.25) is 0 Å². The molecule has 1 N–H and O–H groups in total. The van der Waals surface area contributed by atoms with Crippen molar-refractivity contribution < 1.29 is 18.3 Å². The van der Waals surface area contributed by atoms with Gasteiger partial charge in [0.25, 0.3) is 5.91 Å². The van der Waals surface area contributed by atoms with Crippen molar-refractivity contribution in [2.24, 2.45) is 11.8 Å². The van der Waals surface area contributed by atoms with Crippen LogP contribution in [-0.4, -0.2) is 28.8 Å². The van der Waals surface area contributed by atoms with Crippen LogP contribution in [0.5, 0.6) is 5.75 Å². The van der Waals surface area contributed by atoms with Gasteiger partial charge in [-0.05, 0) is 48.6 Å². The zero-order chi connectivity index (χ0) is 25.8. The summed E-state index contributed by atoms with van der Waals surface area (Å²) in [5.74, 6) is -0.101. The lowest BCUT2D eigenvalue weighted by Crippen LogP contribution is -2.29. The normalized spacial score (nSPS) is 13.5. The SMILES string of the molecule is CCC(CC)CCC(C)CNC(=O)c1nn(-c2ccc(F)cc2F)c2c1CCOc1cc(Br)ccc1-2. The van der Waals surface area contributed by atoms with Gasteiger partial charge in [-0.2, -0.15) is 5.10 Å². The number of nitrogens with zero attached hydrogens (tertiary/aromatic N) is 2. The Bertz CT molecular complexity index is 1240. The quantitative estimate of drug-likeness (QED) is 0.304. The number of nitrogens with one attached hydrogen (secondary N) is 1. The van der Waals surface area contributed by atoms with Crippen LogP contribution in [0.2, 0.25) is 0 Å². The highest BCUT2D eigenvalue weighted by molar-refractivity contribution is 9.10. The third kappa shape index (κ3) is 5.64. The van der Waals surface area contributed by atoms with E-state index >= 15 is 0 Å². The van der Waals surface area contributed by atoms with Crippen LogP contribution >= 0.6 is 15.9 Å². The molecule has 192 valence electrons. The molecule has 2 aromatic carbocycles. The summed E-state index contributed by atoms with van der Waals surface area (Å²) in [7, 11) is 0.